The van der Waals surface area contributed by atoms with Crippen molar-refractivity contribution >= 4 is 11.9 Å². The fourth-order valence-corrected chi connectivity index (χ4v) is 1.83. The van der Waals surface area contributed by atoms with E-state index < -0.39 is 11.9 Å². The van der Waals surface area contributed by atoms with E-state index in [0.29, 0.717) is 11.6 Å². The SMILES string of the molecule is COc1ccc(CN2CC(C(=O)O)CC2=O)nn1. The van der Waals surface area contributed by atoms with Gasteiger partial charge in [-0.25, -0.2) is 0 Å². The third-order valence-electron chi connectivity index (χ3n) is 2.82. The zero-order chi connectivity index (χ0) is 13.1. The Bertz CT molecular complexity index is 460. The normalized spacial score (nSPS) is 19.1. The fraction of sp³-hybridized carbons (Fsp3) is 0.455. The zero-order valence-electron chi connectivity index (χ0n) is 9.87. The monoisotopic (exact) mass is 251 g/mol. The highest BCUT2D eigenvalue weighted by Crippen LogP contribution is 2.19. The summed E-state index contributed by atoms with van der Waals surface area (Å²) in [6, 6.07) is 3.35. The summed E-state index contributed by atoms with van der Waals surface area (Å²) in [5.74, 6) is -1.33. The molecule has 1 fully saturated rings. The molecule has 1 saturated heterocycles. The van der Waals surface area contributed by atoms with Gasteiger partial charge in [-0.1, -0.05) is 0 Å². The molecule has 7 nitrogen and oxygen atoms in total. The van der Waals surface area contributed by atoms with Crippen LogP contribution in [0.5, 0.6) is 5.88 Å². The molecule has 2 heterocycles. The van der Waals surface area contributed by atoms with Gasteiger partial charge in [0.2, 0.25) is 11.8 Å². The minimum Gasteiger partial charge on any atom is -0.481 e. The number of likely N-dealkylation sites (tertiary alicyclic amines) is 1. The fourth-order valence-electron chi connectivity index (χ4n) is 1.83. The van der Waals surface area contributed by atoms with Gasteiger partial charge in [-0.3, -0.25) is 9.59 Å². The van der Waals surface area contributed by atoms with E-state index in [9.17, 15) is 9.59 Å². The van der Waals surface area contributed by atoms with Crippen LogP contribution in [0.25, 0.3) is 0 Å². The number of amides is 1. The Kier molecular flexibility index (Phi) is 3.40. The number of nitrogens with zero attached hydrogens (tertiary/aromatic N) is 3. The summed E-state index contributed by atoms with van der Waals surface area (Å²) < 4.78 is 4.88. The molecule has 0 bridgehead atoms. The largest absolute Gasteiger partial charge is 0.481 e. The lowest BCUT2D eigenvalue weighted by Crippen LogP contribution is -2.26. The number of hydrogen-bond donors (Lipinski definition) is 1. The predicted octanol–water partition coefficient (Wildman–Crippen LogP) is -0.0817. The number of ether oxygens (including phenoxy) is 1. The molecule has 0 spiro atoms. The number of rotatable bonds is 4. The highest BCUT2D eigenvalue weighted by molar-refractivity contribution is 5.85. The first-order chi connectivity index (χ1) is 8.60. The van der Waals surface area contributed by atoms with Crippen LogP contribution in [0.15, 0.2) is 12.1 Å². The first-order valence-corrected chi connectivity index (χ1v) is 5.47. The van der Waals surface area contributed by atoms with Crippen LogP contribution in [0.2, 0.25) is 0 Å². The summed E-state index contributed by atoms with van der Waals surface area (Å²) in [7, 11) is 1.49. The number of carbonyl (C=O) groups excluding carboxylic acids is 1. The average Bonchev–Trinajstić information content (AvgIpc) is 2.72. The molecule has 1 aliphatic rings. The molecular formula is C11H13N3O4. The molecule has 1 aliphatic heterocycles. The van der Waals surface area contributed by atoms with E-state index in [2.05, 4.69) is 10.2 Å². The van der Waals surface area contributed by atoms with E-state index in [-0.39, 0.29) is 25.4 Å². The number of aromatic nitrogens is 2. The van der Waals surface area contributed by atoms with Crippen molar-refractivity contribution in [3.8, 4) is 5.88 Å². The molecule has 1 aromatic rings. The second-order valence-corrected chi connectivity index (χ2v) is 4.08. The smallest absolute Gasteiger partial charge is 0.308 e. The van der Waals surface area contributed by atoms with Crippen LogP contribution in [0.1, 0.15) is 12.1 Å². The first-order valence-electron chi connectivity index (χ1n) is 5.47. The van der Waals surface area contributed by atoms with Crippen LogP contribution >= 0.6 is 0 Å². The molecule has 96 valence electrons. The molecule has 0 radical (unpaired) electrons. The van der Waals surface area contributed by atoms with E-state index >= 15 is 0 Å². The molecule has 0 aromatic carbocycles. The Hall–Kier alpha value is -2.18. The lowest BCUT2D eigenvalue weighted by atomic mass is 10.1. The number of carbonyl (C=O) groups is 2. The summed E-state index contributed by atoms with van der Waals surface area (Å²) in [6.07, 6.45) is 0.0545. The van der Waals surface area contributed by atoms with Gasteiger partial charge < -0.3 is 14.7 Å². The van der Waals surface area contributed by atoms with Crippen molar-refractivity contribution in [3.63, 3.8) is 0 Å². The maximum atomic E-state index is 11.6. The summed E-state index contributed by atoms with van der Waals surface area (Å²) in [5, 5.41) is 16.6. The molecule has 0 saturated carbocycles. The number of aliphatic carboxylic acids is 1. The van der Waals surface area contributed by atoms with Crippen molar-refractivity contribution in [2.24, 2.45) is 5.92 Å². The summed E-state index contributed by atoms with van der Waals surface area (Å²) >= 11 is 0. The van der Waals surface area contributed by atoms with Gasteiger partial charge in [0.05, 0.1) is 25.3 Å². The minimum absolute atomic E-state index is 0.0545. The molecule has 0 aliphatic carbocycles. The number of carboxylic acid groups (broad SMARTS) is 1. The third-order valence-corrected chi connectivity index (χ3v) is 2.82. The lowest BCUT2D eigenvalue weighted by Gasteiger charge is -2.14. The molecule has 1 N–H and O–H groups in total. The van der Waals surface area contributed by atoms with Gasteiger partial charge in [0, 0.05) is 19.0 Å². The molecule has 2 rings (SSSR count). The van der Waals surface area contributed by atoms with Gasteiger partial charge in [0.25, 0.3) is 0 Å². The summed E-state index contributed by atoms with van der Waals surface area (Å²) in [6.45, 7) is 0.501. The zero-order valence-corrected chi connectivity index (χ0v) is 9.87. The molecule has 18 heavy (non-hydrogen) atoms. The molecule has 1 atom stereocenters. The molecule has 1 amide bonds. The molecule has 7 heteroatoms. The van der Waals surface area contributed by atoms with Crippen molar-refractivity contribution in [1.82, 2.24) is 15.1 Å². The number of carboxylic acids is 1. The van der Waals surface area contributed by atoms with Crippen LogP contribution < -0.4 is 4.74 Å². The molecular weight excluding hydrogens is 238 g/mol. The highest BCUT2D eigenvalue weighted by Gasteiger charge is 2.34. The Balaban J connectivity index is 2.01. The Morgan fingerprint density at radius 3 is 2.83 bits per heavy atom. The van der Waals surface area contributed by atoms with Crippen molar-refractivity contribution < 1.29 is 19.4 Å². The Morgan fingerprint density at radius 1 is 1.56 bits per heavy atom. The number of hydrogen-bond acceptors (Lipinski definition) is 5. The van der Waals surface area contributed by atoms with Gasteiger partial charge in [-0.2, -0.15) is 5.10 Å². The Morgan fingerprint density at radius 2 is 2.33 bits per heavy atom. The van der Waals surface area contributed by atoms with Crippen molar-refractivity contribution in [3.05, 3.63) is 17.8 Å². The first kappa shape index (κ1) is 12.3. The topological polar surface area (TPSA) is 92.6 Å². The summed E-state index contributed by atoms with van der Waals surface area (Å²) in [4.78, 5) is 23.9. The van der Waals surface area contributed by atoms with E-state index in [1.54, 1.807) is 12.1 Å². The van der Waals surface area contributed by atoms with E-state index in [1.165, 1.54) is 12.0 Å². The van der Waals surface area contributed by atoms with Gasteiger partial charge in [-0.05, 0) is 6.07 Å². The van der Waals surface area contributed by atoms with Gasteiger partial charge in [0.15, 0.2) is 0 Å². The third kappa shape index (κ3) is 2.55. The van der Waals surface area contributed by atoms with Crippen LogP contribution in [-0.2, 0) is 16.1 Å². The average molecular weight is 251 g/mol. The van der Waals surface area contributed by atoms with Crippen LogP contribution in [-0.4, -0.2) is 45.7 Å². The van der Waals surface area contributed by atoms with Crippen LogP contribution in [0.3, 0.4) is 0 Å². The lowest BCUT2D eigenvalue weighted by molar-refractivity contribution is -0.141. The molecule has 1 unspecified atom stereocenters. The van der Waals surface area contributed by atoms with Gasteiger partial charge >= 0.3 is 5.97 Å². The second kappa shape index (κ2) is 4.99. The molecule has 1 aromatic heterocycles. The van der Waals surface area contributed by atoms with Crippen molar-refractivity contribution in [2.75, 3.05) is 13.7 Å². The van der Waals surface area contributed by atoms with Crippen molar-refractivity contribution in [1.29, 1.82) is 0 Å². The van der Waals surface area contributed by atoms with E-state index in [0.717, 1.165) is 0 Å². The maximum absolute atomic E-state index is 11.6. The maximum Gasteiger partial charge on any atom is 0.308 e. The Labute approximate surface area is 103 Å². The van der Waals surface area contributed by atoms with E-state index in [1.807, 2.05) is 0 Å². The summed E-state index contributed by atoms with van der Waals surface area (Å²) in [5.41, 5.74) is 0.607. The predicted molar refractivity (Wildman–Crippen MR) is 59.7 cm³/mol. The minimum atomic E-state index is -0.938. The van der Waals surface area contributed by atoms with Gasteiger partial charge in [-0.15, -0.1) is 5.10 Å². The van der Waals surface area contributed by atoms with Crippen LogP contribution in [0, 0.1) is 5.92 Å². The number of methoxy groups -OCH3 is 1. The second-order valence-electron chi connectivity index (χ2n) is 4.08. The van der Waals surface area contributed by atoms with Crippen LogP contribution in [0.4, 0.5) is 0 Å². The van der Waals surface area contributed by atoms with E-state index in [4.69, 9.17) is 9.84 Å². The van der Waals surface area contributed by atoms with Crippen molar-refractivity contribution in [2.45, 2.75) is 13.0 Å². The standard InChI is InChI=1S/C11H13N3O4/c1-18-9-3-2-8(12-13-9)6-14-5-7(11(16)17)4-10(14)15/h2-3,7H,4-6H2,1H3,(H,16,17). The quantitative estimate of drug-likeness (QED) is 0.804. The highest BCUT2D eigenvalue weighted by atomic mass is 16.5. The van der Waals surface area contributed by atoms with Gasteiger partial charge in [0.1, 0.15) is 0 Å².